The minimum absolute atomic E-state index is 0.382. The number of carbonyl (C=O) groups is 1. The summed E-state index contributed by atoms with van der Waals surface area (Å²) in [7, 11) is 4.23. The third-order valence-electron chi connectivity index (χ3n) is 2.84. The van der Waals surface area contributed by atoms with Gasteiger partial charge in [-0.3, -0.25) is 4.79 Å². The number of piperazine rings is 1. The Hall–Kier alpha value is -0.410. The number of Topliss-reactive ketones (excluding diaryl/α,β-unsaturated/α-hetero) is 1. The Morgan fingerprint density at radius 1 is 1.38 bits per heavy atom. The summed E-state index contributed by atoms with van der Waals surface area (Å²) in [6, 6.07) is 0.436. The van der Waals surface area contributed by atoms with Crippen LogP contribution in [0.25, 0.3) is 0 Å². The van der Waals surface area contributed by atoms with Crippen LogP contribution >= 0.6 is 0 Å². The van der Waals surface area contributed by atoms with Crippen molar-refractivity contribution in [3.05, 3.63) is 0 Å². The predicted octanol–water partition coefficient (Wildman–Crippen LogP) is 0.601. The molecule has 1 aliphatic heterocycles. The molecular formula is C10H20N2O. The summed E-state index contributed by atoms with van der Waals surface area (Å²) in [5.41, 5.74) is 0. The van der Waals surface area contributed by atoms with E-state index >= 15 is 0 Å². The van der Waals surface area contributed by atoms with E-state index in [-0.39, 0.29) is 0 Å². The summed E-state index contributed by atoms with van der Waals surface area (Å²) in [4.78, 5) is 15.9. The monoisotopic (exact) mass is 184 g/mol. The van der Waals surface area contributed by atoms with Crippen LogP contribution in [0.2, 0.25) is 0 Å². The minimum atomic E-state index is 0.382. The zero-order valence-corrected chi connectivity index (χ0v) is 8.92. The van der Waals surface area contributed by atoms with Gasteiger partial charge in [-0.25, -0.2) is 0 Å². The largest absolute Gasteiger partial charge is 0.304 e. The van der Waals surface area contributed by atoms with Crippen LogP contribution in [0.15, 0.2) is 0 Å². The van der Waals surface area contributed by atoms with Crippen LogP contribution < -0.4 is 0 Å². The molecule has 3 heteroatoms. The molecule has 1 unspecified atom stereocenters. The van der Waals surface area contributed by atoms with Crippen molar-refractivity contribution in [2.45, 2.75) is 25.8 Å². The SMILES string of the molecule is CCC(=O)CC1CN(C)CCN1C. The quantitative estimate of drug-likeness (QED) is 0.642. The summed E-state index contributed by atoms with van der Waals surface area (Å²) >= 11 is 0. The van der Waals surface area contributed by atoms with Gasteiger partial charge in [-0.2, -0.15) is 0 Å². The summed E-state index contributed by atoms with van der Waals surface area (Å²) in [6.45, 7) is 5.17. The molecule has 0 aliphatic carbocycles. The maximum atomic E-state index is 11.3. The van der Waals surface area contributed by atoms with E-state index in [4.69, 9.17) is 0 Å². The van der Waals surface area contributed by atoms with Crippen LogP contribution in [0.4, 0.5) is 0 Å². The van der Waals surface area contributed by atoms with E-state index in [0.29, 0.717) is 18.2 Å². The summed E-state index contributed by atoms with van der Waals surface area (Å²) < 4.78 is 0. The Balaban J connectivity index is 2.41. The topological polar surface area (TPSA) is 23.6 Å². The molecule has 13 heavy (non-hydrogen) atoms. The maximum absolute atomic E-state index is 11.3. The van der Waals surface area contributed by atoms with Crippen molar-refractivity contribution in [2.75, 3.05) is 33.7 Å². The molecule has 1 atom stereocenters. The first kappa shape index (κ1) is 10.7. The van der Waals surface area contributed by atoms with Gasteiger partial charge in [0.1, 0.15) is 5.78 Å². The van der Waals surface area contributed by atoms with Gasteiger partial charge in [0.25, 0.3) is 0 Å². The summed E-state index contributed by atoms with van der Waals surface area (Å²) in [6.07, 6.45) is 1.39. The Morgan fingerprint density at radius 3 is 2.69 bits per heavy atom. The molecule has 76 valence electrons. The Morgan fingerprint density at radius 2 is 2.08 bits per heavy atom. The number of nitrogens with zero attached hydrogens (tertiary/aromatic N) is 2. The molecule has 1 aliphatic rings. The van der Waals surface area contributed by atoms with Gasteiger partial charge < -0.3 is 9.80 Å². The molecule has 0 bridgehead atoms. The highest BCUT2D eigenvalue weighted by molar-refractivity contribution is 5.78. The maximum Gasteiger partial charge on any atom is 0.134 e. The second-order valence-corrected chi connectivity index (χ2v) is 3.99. The van der Waals surface area contributed by atoms with Gasteiger partial charge in [0.2, 0.25) is 0 Å². The first-order valence-corrected chi connectivity index (χ1v) is 5.04. The van der Waals surface area contributed by atoms with E-state index in [1.165, 1.54) is 0 Å². The average molecular weight is 184 g/mol. The van der Waals surface area contributed by atoms with E-state index < -0.39 is 0 Å². The molecule has 1 heterocycles. The lowest BCUT2D eigenvalue weighted by molar-refractivity contribution is -0.120. The highest BCUT2D eigenvalue weighted by Crippen LogP contribution is 2.10. The zero-order chi connectivity index (χ0) is 9.84. The molecule has 0 aromatic heterocycles. The molecule has 0 radical (unpaired) electrons. The lowest BCUT2D eigenvalue weighted by atomic mass is 10.1. The van der Waals surface area contributed by atoms with Crippen molar-refractivity contribution in [2.24, 2.45) is 0 Å². The first-order valence-electron chi connectivity index (χ1n) is 5.04. The van der Waals surface area contributed by atoms with Crippen LogP contribution in [-0.4, -0.2) is 55.4 Å². The molecule has 0 aromatic rings. The van der Waals surface area contributed by atoms with Crippen molar-refractivity contribution in [3.63, 3.8) is 0 Å². The molecule has 1 fully saturated rings. The van der Waals surface area contributed by atoms with Crippen LogP contribution in [0.5, 0.6) is 0 Å². The molecule has 0 aromatic carbocycles. The molecule has 0 amide bonds. The third kappa shape index (κ3) is 3.08. The molecule has 0 N–H and O–H groups in total. The second kappa shape index (κ2) is 4.72. The van der Waals surface area contributed by atoms with E-state index in [1.807, 2.05) is 6.92 Å². The Labute approximate surface area is 80.7 Å². The van der Waals surface area contributed by atoms with Crippen molar-refractivity contribution in [1.29, 1.82) is 0 Å². The third-order valence-corrected chi connectivity index (χ3v) is 2.84. The fraction of sp³-hybridized carbons (Fsp3) is 0.900. The Bertz CT molecular complexity index is 182. The van der Waals surface area contributed by atoms with E-state index in [2.05, 4.69) is 23.9 Å². The smallest absolute Gasteiger partial charge is 0.134 e. The predicted molar refractivity (Wildman–Crippen MR) is 53.8 cm³/mol. The summed E-state index contributed by atoms with van der Waals surface area (Å²) in [5, 5.41) is 0. The van der Waals surface area contributed by atoms with Crippen molar-refractivity contribution >= 4 is 5.78 Å². The van der Waals surface area contributed by atoms with Crippen LogP contribution in [-0.2, 0) is 4.79 Å². The van der Waals surface area contributed by atoms with Crippen LogP contribution in [0, 0.1) is 0 Å². The van der Waals surface area contributed by atoms with Gasteiger partial charge in [0.15, 0.2) is 0 Å². The number of rotatable bonds is 3. The highest BCUT2D eigenvalue weighted by atomic mass is 16.1. The average Bonchev–Trinajstić information content (AvgIpc) is 2.11. The second-order valence-electron chi connectivity index (χ2n) is 3.99. The van der Waals surface area contributed by atoms with Gasteiger partial charge in [-0.1, -0.05) is 6.92 Å². The van der Waals surface area contributed by atoms with E-state index in [1.54, 1.807) is 0 Å². The van der Waals surface area contributed by atoms with Crippen LogP contribution in [0.1, 0.15) is 19.8 Å². The zero-order valence-electron chi connectivity index (χ0n) is 8.92. The van der Waals surface area contributed by atoms with Gasteiger partial charge in [0, 0.05) is 38.5 Å². The first-order chi connectivity index (χ1) is 6.13. The minimum Gasteiger partial charge on any atom is -0.304 e. The van der Waals surface area contributed by atoms with Gasteiger partial charge in [-0.15, -0.1) is 0 Å². The molecule has 0 saturated carbocycles. The fourth-order valence-electron chi connectivity index (χ4n) is 1.73. The van der Waals surface area contributed by atoms with Crippen LogP contribution in [0.3, 0.4) is 0 Å². The fourth-order valence-corrected chi connectivity index (χ4v) is 1.73. The molecule has 1 saturated heterocycles. The van der Waals surface area contributed by atoms with Gasteiger partial charge >= 0.3 is 0 Å². The van der Waals surface area contributed by atoms with Gasteiger partial charge in [-0.05, 0) is 14.1 Å². The number of hydrogen-bond donors (Lipinski definition) is 0. The standard InChI is InChI=1S/C10H20N2O/c1-4-10(13)7-9-8-11(2)5-6-12(9)3/h9H,4-8H2,1-3H3. The molecule has 3 nitrogen and oxygen atoms in total. The van der Waals surface area contributed by atoms with E-state index in [9.17, 15) is 4.79 Å². The molecule has 0 spiro atoms. The van der Waals surface area contributed by atoms with Crippen molar-refractivity contribution in [3.8, 4) is 0 Å². The highest BCUT2D eigenvalue weighted by Gasteiger charge is 2.23. The normalized spacial score (nSPS) is 26.2. The Kier molecular flexibility index (Phi) is 3.88. The molecule has 1 rings (SSSR count). The number of carbonyl (C=O) groups excluding carboxylic acids is 1. The van der Waals surface area contributed by atoms with Crippen molar-refractivity contribution < 1.29 is 4.79 Å². The summed E-state index contributed by atoms with van der Waals surface area (Å²) in [5.74, 6) is 0.382. The lowest BCUT2D eigenvalue weighted by Crippen LogP contribution is -2.50. The van der Waals surface area contributed by atoms with Gasteiger partial charge in [0.05, 0.1) is 0 Å². The van der Waals surface area contributed by atoms with Crippen molar-refractivity contribution in [1.82, 2.24) is 9.80 Å². The van der Waals surface area contributed by atoms with E-state index in [0.717, 1.165) is 26.1 Å². The lowest BCUT2D eigenvalue weighted by Gasteiger charge is -2.37. The number of ketones is 1. The number of likely N-dealkylation sites (N-methyl/N-ethyl adjacent to an activating group) is 2. The number of hydrogen-bond acceptors (Lipinski definition) is 3. The molecular weight excluding hydrogens is 164 g/mol.